The number of carbonyl (C=O) groups excluding carboxylic acids is 1. The molecule has 1 N–H and O–H groups in total. The van der Waals surface area contributed by atoms with Crippen molar-refractivity contribution in [3.63, 3.8) is 0 Å². The first-order chi connectivity index (χ1) is 12.7. The number of hydrogen-bond donors (Lipinski definition) is 1. The first-order valence-corrected chi connectivity index (χ1v) is 8.62. The average molecular weight is 374 g/mol. The van der Waals surface area contributed by atoms with Gasteiger partial charge in [0.15, 0.2) is 0 Å². The van der Waals surface area contributed by atoms with Crippen molar-refractivity contribution < 1.29 is 13.6 Å². The van der Waals surface area contributed by atoms with E-state index in [0.29, 0.717) is 17.0 Å². The minimum absolute atomic E-state index is 0.181. The van der Waals surface area contributed by atoms with Gasteiger partial charge in [0.25, 0.3) is 11.5 Å². The molecule has 0 spiro atoms. The van der Waals surface area contributed by atoms with Crippen molar-refractivity contribution in [1.29, 1.82) is 0 Å². The van der Waals surface area contributed by atoms with Crippen molar-refractivity contribution in [2.45, 2.75) is 45.6 Å². The molecule has 0 saturated heterocycles. The third kappa shape index (κ3) is 4.84. The van der Waals surface area contributed by atoms with Crippen molar-refractivity contribution in [2.24, 2.45) is 0 Å². The molecule has 2 aromatic rings. The fourth-order valence-electron chi connectivity index (χ4n) is 3.00. The zero-order valence-corrected chi connectivity index (χ0v) is 15.1. The SMILES string of the molecule is Cc1cc(NC(=O)Cn2nc(C3=CCC(F)(F)CC3)ccc2=O)cc(C)n1. The second kappa shape index (κ2) is 7.38. The van der Waals surface area contributed by atoms with Gasteiger partial charge in [0.2, 0.25) is 5.91 Å². The zero-order chi connectivity index (χ0) is 19.6. The highest BCUT2D eigenvalue weighted by molar-refractivity contribution is 5.90. The van der Waals surface area contributed by atoms with Gasteiger partial charge in [-0.1, -0.05) is 6.08 Å². The summed E-state index contributed by atoms with van der Waals surface area (Å²) < 4.78 is 27.6. The summed E-state index contributed by atoms with van der Waals surface area (Å²) in [5, 5.41) is 6.89. The van der Waals surface area contributed by atoms with Crippen LogP contribution in [-0.4, -0.2) is 26.6 Å². The average Bonchev–Trinajstić information content (AvgIpc) is 2.56. The fraction of sp³-hybridized carbons (Fsp3) is 0.368. The van der Waals surface area contributed by atoms with Gasteiger partial charge in [-0.15, -0.1) is 0 Å². The Morgan fingerprint density at radius 3 is 2.59 bits per heavy atom. The van der Waals surface area contributed by atoms with Crippen LogP contribution < -0.4 is 10.9 Å². The smallest absolute Gasteiger partial charge is 0.267 e. The second-order valence-corrected chi connectivity index (χ2v) is 6.69. The minimum Gasteiger partial charge on any atom is -0.324 e. The summed E-state index contributed by atoms with van der Waals surface area (Å²) in [6, 6.07) is 6.25. The molecule has 0 aromatic carbocycles. The number of aromatic nitrogens is 3. The predicted molar refractivity (Wildman–Crippen MR) is 97.6 cm³/mol. The van der Waals surface area contributed by atoms with E-state index >= 15 is 0 Å². The molecule has 0 bridgehead atoms. The van der Waals surface area contributed by atoms with Crippen LogP contribution in [0.4, 0.5) is 14.5 Å². The summed E-state index contributed by atoms with van der Waals surface area (Å²) in [6.45, 7) is 3.37. The van der Waals surface area contributed by atoms with Gasteiger partial charge in [-0.2, -0.15) is 5.10 Å². The minimum atomic E-state index is -2.70. The quantitative estimate of drug-likeness (QED) is 0.892. The number of halogens is 2. The molecule has 1 aliphatic rings. The number of hydrogen-bond acceptors (Lipinski definition) is 4. The van der Waals surface area contributed by atoms with E-state index in [-0.39, 0.29) is 25.8 Å². The van der Waals surface area contributed by atoms with Crippen molar-refractivity contribution in [2.75, 3.05) is 5.32 Å². The number of anilines is 1. The lowest BCUT2D eigenvalue weighted by Crippen LogP contribution is -2.30. The maximum absolute atomic E-state index is 13.3. The number of carbonyl (C=O) groups is 1. The van der Waals surface area contributed by atoms with Crippen molar-refractivity contribution >= 4 is 17.2 Å². The van der Waals surface area contributed by atoms with Crippen molar-refractivity contribution in [1.82, 2.24) is 14.8 Å². The molecule has 3 rings (SSSR count). The number of aryl methyl sites for hydroxylation is 2. The fourth-order valence-corrected chi connectivity index (χ4v) is 3.00. The third-order valence-electron chi connectivity index (χ3n) is 4.26. The van der Waals surface area contributed by atoms with E-state index in [0.717, 1.165) is 16.1 Å². The monoisotopic (exact) mass is 374 g/mol. The van der Waals surface area contributed by atoms with Crippen LogP contribution in [0.15, 0.2) is 35.1 Å². The lowest BCUT2D eigenvalue weighted by molar-refractivity contribution is -0.117. The summed E-state index contributed by atoms with van der Waals surface area (Å²) in [4.78, 5) is 28.5. The van der Waals surface area contributed by atoms with Gasteiger partial charge in [-0.05, 0) is 44.0 Å². The van der Waals surface area contributed by atoms with E-state index in [1.54, 1.807) is 12.1 Å². The van der Waals surface area contributed by atoms with Crippen LogP contribution in [-0.2, 0) is 11.3 Å². The van der Waals surface area contributed by atoms with Crippen LogP contribution >= 0.6 is 0 Å². The van der Waals surface area contributed by atoms with E-state index in [4.69, 9.17) is 0 Å². The maximum atomic E-state index is 13.3. The van der Waals surface area contributed by atoms with Crippen molar-refractivity contribution in [3.8, 4) is 0 Å². The predicted octanol–water partition coefficient (Wildman–Crippen LogP) is 3.10. The molecule has 2 aromatic heterocycles. The van der Waals surface area contributed by atoms with Gasteiger partial charge in [0.1, 0.15) is 6.54 Å². The maximum Gasteiger partial charge on any atom is 0.267 e. The summed E-state index contributed by atoms with van der Waals surface area (Å²) in [5.41, 5.74) is 2.79. The van der Waals surface area contributed by atoms with E-state index in [2.05, 4.69) is 15.4 Å². The molecule has 1 aliphatic carbocycles. The second-order valence-electron chi connectivity index (χ2n) is 6.69. The number of rotatable bonds is 4. The molecule has 2 heterocycles. The summed E-state index contributed by atoms with van der Waals surface area (Å²) in [7, 11) is 0. The molecule has 1 amide bonds. The lowest BCUT2D eigenvalue weighted by Gasteiger charge is -2.21. The summed E-state index contributed by atoms with van der Waals surface area (Å²) in [6.07, 6.45) is 1.04. The van der Waals surface area contributed by atoms with Crippen LogP contribution in [0.5, 0.6) is 0 Å². The van der Waals surface area contributed by atoms with Crippen LogP contribution in [0.1, 0.15) is 36.3 Å². The first kappa shape index (κ1) is 18.9. The van der Waals surface area contributed by atoms with Gasteiger partial charge in [0.05, 0.1) is 5.69 Å². The number of nitrogens with one attached hydrogen (secondary N) is 1. The molecule has 0 atom stereocenters. The Labute approximate surface area is 154 Å². The van der Waals surface area contributed by atoms with Gasteiger partial charge < -0.3 is 5.32 Å². The van der Waals surface area contributed by atoms with Crippen molar-refractivity contribution in [3.05, 3.63) is 57.8 Å². The topological polar surface area (TPSA) is 76.9 Å². The molecule has 0 radical (unpaired) electrons. The zero-order valence-electron chi connectivity index (χ0n) is 15.1. The van der Waals surface area contributed by atoms with Crippen LogP contribution in [0.3, 0.4) is 0 Å². The molecule has 0 aliphatic heterocycles. The molecule has 142 valence electrons. The highest BCUT2D eigenvalue weighted by atomic mass is 19.3. The van der Waals surface area contributed by atoms with E-state index in [9.17, 15) is 18.4 Å². The normalized spacial score (nSPS) is 15.9. The van der Waals surface area contributed by atoms with E-state index in [1.165, 1.54) is 18.2 Å². The van der Waals surface area contributed by atoms with E-state index < -0.39 is 17.4 Å². The number of nitrogens with zero attached hydrogens (tertiary/aromatic N) is 3. The standard InChI is InChI=1S/C19H20F2N4O2/c1-12-9-15(10-13(2)22-12)23-17(26)11-25-18(27)4-3-16(24-25)14-5-7-19(20,21)8-6-14/h3-5,9-10H,6-8,11H2,1-2H3,(H,22,23,26). The van der Waals surface area contributed by atoms with E-state index in [1.807, 2.05) is 13.8 Å². The van der Waals surface area contributed by atoms with Gasteiger partial charge in [0, 0.05) is 36.0 Å². The number of amides is 1. The number of pyridine rings is 1. The van der Waals surface area contributed by atoms with Crippen LogP contribution in [0.25, 0.3) is 5.57 Å². The highest BCUT2D eigenvalue weighted by Crippen LogP contribution is 2.35. The molecule has 0 unspecified atom stereocenters. The first-order valence-electron chi connectivity index (χ1n) is 8.62. The molecular formula is C19H20F2N4O2. The Morgan fingerprint density at radius 1 is 1.26 bits per heavy atom. The Morgan fingerprint density at radius 2 is 1.96 bits per heavy atom. The summed E-state index contributed by atoms with van der Waals surface area (Å²) in [5.74, 6) is -3.10. The largest absolute Gasteiger partial charge is 0.324 e. The molecular weight excluding hydrogens is 354 g/mol. The Bertz CT molecular complexity index is 946. The highest BCUT2D eigenvalue weighted by Gasteiger charge is 2.31. The Balaban J connectivity index is 1.76. The molecule has 8 heteroatoms. The Kier molecular flexibility index (Phi) is 5.16. The molecule has 6 nitrogen and oxygen atoms in total. The van der Waals surface area contributed by atoms with Gasteiger partial charge in [-0.3, -0.25) is 14.6 Å². The third-order valence-corrected chi connectivity index (χ3v) is 4.26. The number of alkyl halides is 2. The van der Waals surface area contributed by atoms with Gasteiger partial charge in [-0.25, -0.2) is 13.5 Å². The lowest BCUT2D eigenvalue weighted by atomic mass is 9.94. The molecule has 0 saturated carbocycles. The molecule has 27 heavy (non-hydrogen) atoms. The van der Waals surface area contributed by atoms with Crippen LogP contribution in [0.2, 0.25) is 0 Å². The Hall–Kier alpha value is -2.90. The van der Waals surface area contributed by atoms with Gasteiger partial charge >= 0.3 is 0 Å². The van der Waals surface area contributed by atoms with Crippen LogP contribution in [0, 0.1) is 13.8 Å². The summed E-state index contributed by atoms with van der Waals surface area (Å²) >= 11 is 0. The molecule has 0 fully saturated rings. The number of allylic oxidation sites excluding steroid dienone is 2.